The minimum Gasteiger partial charge on any atom is -0.469 e. The van der Waals surface area contributed by atoms with Gasteiger partial charge in [-0.1, -0.05) is 18.2 Å². The Morgan fingerprint density at radius 2 is 1.91 bits per heavy atom. The van der Waals surface area contributed by atoms with Crippen molar-refractivity contribution in [2.75, 3.05) is 7.11 Å². The van der Waals surface area contributed by atoms with Gasteiger partial charge in [0.05, 0.1) is 12.7 Å². The first kappa shape index (κ1) is 16.8. The number of fused-ring (bicyclic) bond motifs is 2. The van der Waals surface area contributed by atoms with Crippen molar-refractivity contribution >= 4 is 24.3 Å². The maximum absolute atomic E-state index is 12.2. The minimum absolute atomic E-state index is 0. The highest BCUT2D eigenvalue weighted by Crippen LogP contribution is 2.34. The molecule has 22 heavy (non-hydrogen) atoms. The highest BCUT2D eigenvalue weighted by molar-refractivity contribution is 5.89. The summed E-state index contributed by atoms with van der Waals surface area (Å²) in [5.41, 5.74) is 0.506. The van der Waals surface area contributed by atoms with Gasteiger partial charge in [0.2, 0.25) is 0 Å². The number of rotatable bonds is 3. The third-order valence-electron chi connectivity index (χ3n) is 4.37. The van der Waals surface area contributed by atoms with Gasteiger partial charge < -0.3 is 14.8 Å². The van der Waals surface area contributed by atoms with Gasteiger partial charge in [0.1, 0.15) is 12.0 Å². The van der Waals surface area contributed by atoms with Gasteiger partial charge in [0.25, 0.3) is 0 Å². The lowest BCUT2D eigenvalue weighted by Crippen LogP contribution is -2.53. The summed E-state index contributed by atoms with van der Waals surface area (Å²) in [7, 11) is 1.37. The molecule has 2 aliphatic rings. The first-order chi connectivity index (χ1) is 10.2. The third kappa shape index (κ3) is 3.25. The first-order valence-corrected chi connectivity index (χ1v) is 7.29. The van der Waals surface area contributed by atoms with E-state index in [4.69, 9.17) is 9.47 Å². The topological polar surface area (TPSA) is 64.6 Å². The number of hydrogen-bond donors (Lipinski definition) is 1. The van der Waals surface area contributed by atoms with Crippen molar-refractivity contribution in [2.24, 2.45) is 5.92 Å². The summed E-state index contributed by atoms with van der Waals surface area (Å²) < 4.78 is 10.5. The van der Waals surface area contributed by atoms with Gasteiger partial charge in [-0.25, -0.2) is 4.79 Å². The summed E-state index contributed by atoms with van der Waals surface area (Å²) in [6, 6.07) is 9.23. The molecule has 5 nitrogen and oxygen atoms in total. The number of carbonyl (C=O) groups excluding carboxylic acids is 2. The number of benzene rings is 1. The third-order valence-corrected chi connectivity index (χ3v) is 4.37. The average Bonchev–Trinajstić information content (AvgIpc) is 2.89. The highest BCUT2D eigenvalue weighted by Gasteiger charge is 2.47. The number of piperidine rings is 1. The van der Waals surface area contributed by atoms with E-state index in [1.807, 2.05) is 6.07 Å². The molecule has 0 amide bonds. The molecule has 0 aromatic heterocycles. The molecule has 2 fully saturated rings. The molecule has 1 aromatic carbocycles. The minimum atomic E-state index is -0.415. The second-order valence-electron chi connectivity index (χ2n) is 5.64. The number of hydrogen-bond acceptors (Lipinski definition) is 5. The fraction of sp³-hybridized carbons (Fsp3) is 0.500. The van der Waals surface area contributed by atoms with E-state index in [-0.39, 0.29) is 30.4 Å². The number of esters is 2. The lowest BCUT2D eigenvalue weighted by molar-refractivity contribution is -0.152. The van der Waals surface area contributed by atoms with Crippen LogP contribution in [0.15, 0.2) is 30.3 Å². The van der Waals surface area contributed by atoms with Crippen LogP contribution in [-0.4, -0.2) is 37.2 Å². The van der Waals surface area contributed by atoms with E-state index in [0.717, 1.165) is 12.8 Å². The summed E-state index contributed by atoms with van der Waals surface area (Å²) in [4.78, 5) is 24.2. The number of carbonyl (C=O) groups is 2. The first-order valence-electron chi connectivity index (χ1n) is 7.29. The zero-order valence-electron chi connectivity index (χ0n) is 12.4. The molecule has 0 aliphatic carbocycles. The predicted octanol–water partition coefficient (Wildman–Crippen LogP) is 1.95. The monoisotopic (exact) mass is 325 g/mol. The Labute approximate surface area is 135 Å². The van der Waals surface area contributed by atoms with Gasteiger partial charge >= 0.3 is 11.9 Å². The van der Waals surface area contributed by atoms with Crippen LogP contribution in [0.5, 0.6) is 0 Å². The zero-order chi connectivity index (χ0) is 14.8. The van der Waals surface area contributed by atoms with Crippen molar-refractivity contribution < 1.29 is 19.1 Å². The van der Waals surface area contributed by atoms with Crippen LogP contribution in [-0.2, 0) is 14.3 Å². The van der Waals surface area contributed by atoms with Crippen LogP contribution < -0.4 is 5.32 Å². The molecule has 3 rings (SSSR count). The van der Waals surface area contributed by atoms with E-state index in [1.54, 1.807) is 24.3 Å². The summed E-state index contributed by atoms with van der Waals surface area (Å²) in [6.07, 6.45) is 2.18. The van der Waals surface area contributed by atoms with Crippen LogP contribution in [0, 0.1) is 5.92 Å². The maximum Gasteiger partial charge on any atom is 0.338 e. The van der Waals surface area contributed by atoms with Crippen molar-refractivity contribution in [2.45, 2.75) is 37.5 Å². The van der Waals surface area contributed by atoms with Gasteiger partial charge in [-0.2, -0.15) is 0 Å². The van der Waals surface area contributed by atoms with E-state index in [2.05, 4.69) is 5.32 Å². The van der Waals surface area contributed by atoms with Crippen molar-refractivity contribution in [1.82, 2.24) is 5.32 Å². The molecule has 1 aromatic rings. The molecule has 4 atom stereocenters. The van der Waals surface area contributed by atoms with E-state index in [0.29, 0.717) is 18.0 Å². The van der Waals surface area contributed by atoms with Gasteiger partial charge in [-0.05, 0) is 25.0 Å². The smallest absolute Gasteiger partial charge is 0.338 e. The quantitative estimate of drug-likeness (QED) is 0.861. The van der Waals surface area contributed by atoms with Crippen LogP contribution in [0.2, 0.25) is 0 Å². The Bertz CT molecular complexity index is 536. The standard InChI is InChI=1S/C16H19NO4.ClH/c1-20-16(19)14-12-8-7-11(17-12)9-13(14)21-15(18)10-5-3-2-4-6-10;/h2-6,11-14,17H,7-9H2,1H3;1H/t11-,12+,13-,14+;/m0./s1. The molecule has 2 aliphatic heterocycles. The summed E-state index contributed by atoms with van der Waals surface area (Å²) in [5.74, 6) is -1.10. The lowest BCUT2D eigenvalue weighted by atomic mass is 9.89. The Hall–Kier alpha value is -1.59. The number of nitrogens with one attached hydrogen (secondary N) is 1. The summed E-state index contributed by atoms with van der Waals surface area (Å²) >= 11 is 0. The molecule has 2 heterocycles. The molecule has 6 heteroatoms. The Balaban J connectivity index is 0.00000176. The molecule has 2 bridgehead atoms. The molecule has 0 radical (unpaired) electrons. The summed E-state index contributed by atoms with van der Waals surface area (Å²) in [5, 5.41) is 3.41. The summed E-state index contributed by atoms with van der Waals surface area (Å²) in [6.45, 7) is 0. The van der Waals surface area contributed by atoms with Gasteiger partial charge in [-0.15, -0.1) is 12.4 Å². The number of halogens is 1. The van der Waals surface area contributed by atoms with Crippen molar-refractivity contribution in [3.8, 4) is 0 Å². The van der Waals surface area contributed by atoms with Gasteiger partial charge in [0, 0.05) is 18.5 Å². The molecule has 1 N–H and O–H groups in total. The molecule has 0 spiro atoms. The predicted molar refractivity (Wildman–Crippen MR) is 83.0 cm³/mol. The van der Waals surface area contributed by atoms with E-state index in [9.17, 15) is 9.59 Å². The van der Waals surface area contributed by atoms with Gasteiger partial charge in [0.15, 0.2) is 0 Å². The SMILES string of the molecule is COC(=O)[C@H]1[C@@H](OC(=O)c2ccccc2)C[C@@H]2CC[C@H]1N2.Cl. The van der Waals surface area contributed by atoms with Crippen molar-refractivity contribution in [3.63, 3.8) is 0 Å². The van der Waals surface area contributed by atoms with Crippen LogP contribution in [0.1, 0.15) is 29.6 Å². The molecule has 0 saturated carbocycles. The molecule has 120 valence electrons. The number of ether oxygens (including phenoxy) is 2. The fourth-order valence-corrected chi connectivity index (χ4v) is 3.36. The van der Waals surface area contributed by atoms with Crippen LogP contribution >= 0.6 is 12.4 Å². The Morgan fingerprint density at radius 1 is 1.18 bits per heavy atom. The van der Waals surface area contributed by atoms with Crippen molar-refractivity contribution in [3.05, 3.63) is 35.9 Å². The Morgan fingerprint density at radius 3 is 2.59 bits per heavy atom. The maximum atomic E-state index is 12.2. The lowest BCUT2D eigenvalue weighted by Gasteiger charge is -2.35. The fourth-order valence-electron chi connectivity index (χ4n) is 3.36. The normalized spacial score (nSPS) is 29.3. The van der Waals surface area contributed by atoms with Crippen LogP contribution in [0.4, 0.5) is 0 Å². The molecule has 2 saturated heterocycles. The number of methoxy groups -OCH3 is 1. The molecule has 0 unspecified atom stereocenters. The second-order valence-corrected chi connectivity index (χ2v) is 5.64. The molecular formula is C16H20ClNO4. The average molecular weight is 326 g/mol. The van der Waals surface area contributed by atoms with E-state index in [1.165, 1.54) is 7.11 Å². The van der Waals surface area contributed by atoms with Crippen molar-refractivity contribution in [1.29, 1.82) is 0 Å². The van der Waals surface area contributed by atoms with Gasteiger partial charge in [-0.3, -0.25) is 4.79 Å². The largest absolute Gasteiger partial charge is 0.469 e. The van der Waals surface area contributed by atoms with E-state index < -0.39 is 12.0 Å². The zero-order valence-corrected chi connectivity index (χ0v) is 13.2. The second kappa shape index (κ2) is 7.11. The molecular weight excluding hydrogens is 306 g/mol. The van der Waals surface area contributed by atoms with Crippen LogP contribution in [0.25, 0.3) is 0 Å². The highest BCUT2D eigenvalue weighted by atomic mass is 35.5. The Kier molecular flexibility index (Phi) is 5.42. The van der Waals surface area contributed by atoms with Crippen LogP contribution in [0.3, 0.4) is 0 Å². The van der Waals surface area contributed by atoms with E-state index >= 15 is 0 Å².